The molecule has 1 amide bonds. The summed E-state index contributed by atoms with van der Waals surface area (Å²) in [5.41, 5.74) is 3.27. The van der Waals surface area contributed by atoms with Crippen molar-refractivity contribution in [3.8, 4) is 22.9 Å². The van der Waals surface area contributed by atoms with E-state index >= 15 is 0 Å². The summed E-state index contributed by atoms with van der Waals surface area (Å²) in [6.45, 7) is 5.66. The third kappa shape index (κ3) is 4.50. The van der Waals surface area contributed by atoms with E-state index in [-0.39, 0.29) is 5.91 Å². The number of hydrogen-bond donors (Lipinski definition) is 0. The lowest BCUT2D eigenvalue weighted by Crippen LogP contribution is -2.37. The Bertz CT molecular complexity index is 1110. The fraction of sp³-hybridized carbons (Fsp3) is 0.292. The SMILES string of the molecule is C=CCn1c(SCC(=O)N2CCc3cc(OC)c(OC)cc3C2)nnc1-c1ccccc1. The number of carbonyl (C=O) groups excluding carboxylic acids is 1. The average molecular weight is 451 g/mol. The number of thioether (sulfide) groups is 1. The van der Waals surface area contributed by atoms with Crippen LogP contribution >= 0.6 is 11.8 Å². The number of nitrogens with zero attached hydrogens (tertiary/aromatic N) is 4. The highest BCUT2D eigenvalue weighted by atomic mass is 32.2. The van der Waals surface area contributed by atoms with Crippen LogP contribution in [0.3, 0.4) is 0 Å². The van der Waals surface area contributed by atoms with Gasteiger partial charge in [-0.1, -0.05) is 48.2 Å². The molecule has 0 atom stereocenters. The molecule has 3 aromatic rings. The molecular formula is C24H26N4O3S. The van der Waals surface area contributed by atoms with E-state index in [1.807, 2.05) is 58.0 Å². The van der Waals surface area contributed by atoms with E-state index in [9.17, 15) is 4.79 Å². The van der Waals surface area contributed by atoms with Crippen LogP contribution in [0.15, 0.2) is 60.3 Å². The fourth-order valence-corrected chi connectivity index (χ4v) is 4.65. The largest absolute Gasteiger partial charge is 0.493 e. The van der Waals surface area contributed by atoms with Gasteiger partial charge < -0.3 is 14.4 Å². The zero-order valence-corrected chi connectivity index (χ0v) is 19.1. The molecule has 2 aromatic carbocycles. The fourth-order valence-electron chi connectivity index (χ4n) is 3.80. The van der Waals surface area contributed by atoms with E-state index in [1.54, 1.807) is 14.2 Å². The van der Waals surface area contributed by atoms with Gasteiger partial charge in [-0.05, 0) is 29.7 Å². The molecule has 2 heterocycles. The van der Waals surface area contributed by atoms with Gasteiger partial charge in [-0.3, -0.25) is 9.36 Å². The van der Waals surface area contributed by atoms with Crippen LogP contribution in [0.4, 0.5) is 0 Å². The maximum absolute atomic E-state index is 13.0. The molecule has 32 heavy (non-hydrogen) atoms. The topological polar surface area (TPSA) is 69.5 Å². The third-order valence-electron chi connectivity index (χ3n) is 5.46. The van der Waals surface area contributed by atoms with E-state index in [0.29, 0.717) is 36.3 Å². The quantitative estimate of drug-likeness (QED) is 0.384. The summed E-state index contributed by atoms with van der Waals surface area (Å²) in [7, 11) is 3.25. The number of ether oxygens (including phenoxy) is 2. The van der Waals surface area contributed by atoms with Crippen LogP contribution in [0, 0.1) is 0 Å². The van der Waals surface area contributed by atoms with Crippen molar-refractivity contribution >= 4 is 17.7 Å². The molecule has 0 bridgehead atoms. The molecule has 1 aliphatic rings. The first-order chi connectivity index (χ1) is 15.6. The highest BCUT2D eigenvalue weighted by Crippen LogP contribution is 2.33. The Kier molecular flexibility index (Phi) is 6.80. The van der Waals surface area contributed by atoms with E-state index in [2.05, 4.69) is 16.8 Å². The van der Waals surface area contributed by atoms with E-state index < -0.39 is 0 Å². The summed E-state index contributed by atoms with van der Waals surface area (Å²) >= 11 is 1.40. The molecule has 0 unspecified atom stereocenters. The number of methoxy groups -OCH3 is 2. The zero-order chi connectivity index (χ0) is 22.5. The van der Waals surface area contributed by atoms with Gasteiger partial charge in [-0.25, -0.2) is 0 Å². The van der Waals surface area contributed by atoms with Crippen LogP contribution in [0.2, 0.25) is 0 Å². The number of hydrogen-bond acceptors (Lipinski definition) is 6. The molecule has 8 heteroatoms. The Morgan fingerprint density at radius 1 is 1.12 bits per heavy atom. The molecule has 1 aliphatic heterocycles. The summed E-state index contributed by atoms with van der Waals surface area (Å²) in [4.78, 5) is 14.9. The highest BCUT2D eigenvalue weighted by Gasteiger charge is 2.24. The minimum Gasteiger partial charge on any atom is -0.493 e. The van der Waals surface area contributed by atoms with Gasteiger partial charge in [0.15, 0.2) is 22.5 Å². The summed E-state index contributed by atoms with van der Waals surface area (Å²) in [6, 6.07) is 13.9. The Balaban J connectivity index is 1.46. The number of allylic oxidation sites excluding steroid dienone is 1. The molecular weight excluding hydrogens is 424 g/mol. The number of benzene rings is 2. The summed E-state index contributed by atoms with van der Waals surface area (Å²) < 4.78 is 12.8. The van der Waals surface area contributed by atoms with Crippen molar-refractivity contribution in [1.29, 1.82) is 0 Å². The highest BCUT2D eigenvalue weighted by molar-refractivity contribution is 7.99. The molecule has 0 fully saturated rings. The summed E-state index contributed by atoms with van der Waals surface area (Å²) in [5.74, 6) is 2.55. The molecule has 0 spiro atoms. The number of carbonyl (C=O) groups is 1. The Morgan fingerprint density at radius 2 is 1.84 bits per heavy atom. The molecule has 7 nitrogen and oxygen atoms in total. The second kappa shape index (κ2) is 9.91. The number of rotatable bonds is 8. The second-order valence-corrected chi connectivity index (χ2v) is 8.34. The minimum absolute atomic E-state index is 0.0739. The molecule has 0 aliphatic carbocycles. The Morgan fingerprint density at radius 3 is 2.53 bits per heavy atom. The maximum Gasteiger partial charge on any atom is 0.233 e. The van der Waals surface area contributed by atoms with Gasteiger partial charge in [0.05, 0.1) is 20.0 Å². The number of aromatic nitrogens is 3. The van der Waals surface area contributed by atoms with Crippen LogP contribution in [-0.2, 0) is 24.3 Å². The minimum atomic E-state index is 0.0739. The smallest absolute Gasteiger partial charge is 0.233 e. The number of fused-ring (bicyclic) bond motifs is 1. The van der Waals surface area contributed by atoms with Crippen molar-refractivity contribution in [2.24, 2.45) is 0 Å². The van der Waals surface area contributed by atoms with E-state index in [4.69, 9.17) is 9.47 Å². The first kappa shape index (κ1) is 22.0. The van der Waals surface area contributed by atoms with Crippen molar-refractivity contribution < 1.29 is 14.3 Å². The average Bonchev–Trinajstić information content (AvgIpc) is 3.24. The van der Waals surface area contributed by atoms with E-state index in [0.717, 1.165) is 29.1 Å². The predicted octanol–water partition coefficient (Wildman–Crippen LogP) is 3.83. The van der Waals surface area contributed by atoms with Gasteiger partial charge >= 0.3 is 0 Å². The monoisotopic (exact) mass is 450 g/mol. The molecule has 166 valence electrons. The van der Waals surface area contributed by atoms with Gasteiger partial charge in [-0.15, -0.1) is 16.8 Å². The van der Waals surface area contributed by atoms with Crippen LogP contribution in [0.1, 0.15) is 11.1 Å². The normalized spacial score (nSPS) is 12.9. The van der Waals surface area contributed by atoms with Crippen molar-refractivity contribution in [1.82, 2.24) is 19.7 Å². The second-order valence-electron chi connectivity index (χ2n) is 7.40. The van der Waals surface area contributed by atoms with Crippen LogP contribution < -0.4 is 9.47 Å². The van der Waals surface area contributed by atoms with Crippen molar-refractivity contribution in [3.63, 3.8) is 0 Å². The Hall–Kier alpha value is -3.26. The van der Waals surface area contributed by atoms with Crippen LogP contribution in [0.5, 0.6) is 11.5 Å². The zero-order valence-electron chi connectivity index (χ0n) is 18.3. The molecule has 0 N–H and O–H groups in total. The molecule has 0 saturated heterocycles. The van der Waals surface area contributed by atoms with Gasteiger partial charge in [0.1, 0.15) is 0 Å². The molecule has 1 aromatic heterocycles. The Labute approximate surface area is 192 Å². The first-order valence-electron chi connectivity index (χ1n) is 10.4. The molecule has 0 saturated carbocycles. The van der Waals surface area contributed by atoms with Gasteiger partial charge in [0.2, 0.25) is 5.91 Å². The van der Waals surface area contributed by atoms with Gasteiger partial charge in [0.25, 0.3) is 0 Å². The number of amides is 1. The summed E-state index contributed by atoms with van der Waals surface area (Å²) in [6.07, 6.45) is 2.60. The predicted molar refractivity (Wildman–Crippen MR) is 125 cm³/mol. The molecule has 4 rings (SSSR count). The summed E-state index contributed by atoms with van der Waals surface area (Å²) in [5, 5.41) is 9.40. The van der Waals surface area contributed by atoms with Gasteiger partial charge in [0, 0.05) is 25.2 Å². The van der Waals surface area contributed by atoms with Crippen molar-refractivity contribution in [3.05, 3.63) is 66.2 Å². The lowest BCUT2D eigenvalue weighted by Gasteiger charge is -2.29. The third-order valence-corrected chi connectivity index (χ3v) is 6.41. The van der Waals surface area contributed by atoms with Crippen molar-refractivity contribution in [2.75, 3.05) is 26.5 Å². The van der Waals surface area contributed by atoms with Crippen molar-refractivity contribution in [2.45, 2.75) is 24.7 Å². The van der Waals surface area contributed by atoms with Crippen LogP contribution in [-0.4, -0.2) is 52.1 Å². The van der Waals surface area contributed by atoms with E-state index in [1.165, 1.54) is 17.3 Å². The standard InChI is InChI=1S/C24H26N4O3S/c1-4-11-28-23(17-8-6-5-7-9-17)25-26-24(28)32-16-22(29)27-12-10-18-13-20(30-2)21(31-3)14-19(18)15-27/h4-9,13-14H,1,10-12,15-16H2,2-3H3. The maximum atomic E-state index is 13.0. The molecule has 0 radical (unpaired) electrons. The lowest BCUT2D eigenvalue weighted by molar-refractivity contribution is -0.129. The first-order valence-corrected chi connectivity index (χ1v) is 11.4. The van der Waals surface area contributed by atoms with Gasteiger partial charge in [-0.2, -0.15) is 0 Å². The van der Waals surface area contributed by atoms with Crippen LogP contribution in [0.25, 0.3) is 11.4 Å². The lowest BCUT2D eigenvalue weighted by atomic mass is 9.99.